The van der Waals surface area contributed by atoms with Gasteiger partial charge in [0.2, 0.25) is 0 Å². The monoisotopic (exact) mass is 199 g/mol. The molecule has 2 atom stereocenters. The van der Waals surface area contributed by atoms with Crippen molar-refractivity contribution in [1.82, 2.24) is 5.32 Å². The lowest BCUT2D eigenvalue weighted by Crippen LogP contribution is -2.46. The first kappa shape index (κ1) is 11.5. The van der Waals surface area contributed by atoms with Crippen molar-refractivity contribution in [2.75, 3.05) is 7.11 Å². The topological polar surface area (TPSA) is 38.3 Å². The van der Waals surface area contributed by atoms with Gasteiger partial charge < -0.3 is 10.1 Å². The van der Waals surface area contributed by atoms with E-state index in [2.05, 4.69) is 23.9 Å². The van der Waals surface area contributed by atoms with Crippen LogP contribution in [0, 0.1) is 5.41 Å². The van der Waals surface area contributed by atoms with Gasteiger partial charge in [0.15, 0.2) is 0 Å². The Morgan fingerprint density at radius 2 is 2.21 bits per heavy atom. The fraction of sp³-hybridized carbons (Fsp3) is 0.909. The fourth-order valence-corrected chi connectivity index (χ4v) is 2.18. The molecule has 0 saturated heterocycles. The minimum atomic E-state index is -0.192. The highest BCUT2D eigenvalue weighted by Gasteiger charge is 2.35. The van der Waals surface area contributed by atoms with Crippen LogP contribution < -0.4 is 5.32 Å². The van der Waals surface area contributed by atoms with Gasteiger partial charge >= 0.3 is 5.97 Å². The Kier molecular flexibility index (Phi) is 3.53. The van der Waals surface area contributed by atoms with Gasteiger partial charge in [0.05, 0.1) is 7.11 Å². The fourth-order valence-electron chi connectivity index (χ4n) is 2.18. The van der Waals surface area contributed by atoms with Crippen molar-refractivity contribution in [3.05, 3.63) is 0 Å². The third-order valence-corrected chi connectivity index (χ3v) is 3.26. The lowest BCUT2D eigenvalue weighted by atomic mass is 9.87. The zero-order chi connectivity index (χ0) is 10.8. The van der Waals surface area contributed by atoms with E-state index in [9.17, 15) is 4.79 Å². The van der Waals surface area contributed by atoms with Crippen molar-refractivity contribution in [1.29, 1.82) is 0 Å². The van der Waals surface area contributed by atoms with E-state index in [4.69, 9.17) is 0 Å². The van der Waals surface area contributed by atoms with Crippen molar-refractivity contribution in [3.8, 4) is 0 Å². The van der Waals surface area contributed by atoms with Crippen LogP contribution in [0.3, 0.4) is 0 Å². The van der Waals surface area contributed by atoms with Crippen LogP contribution in [-0.4, -0.2) is 25.2 Å². The second-order valence-corrected chi connectivity index (χ2v) is 4.84. The van der Waals surface area contributed by atoms with Gasteiger partial charge in [-0.1, -0.05) is 20.3 Å². The molecule has 0 aromatic rings. The molecule has 1 aliphatic rings. The molecule has 82 valence electrons. The molecule has 1 aliphatic carbocycles. The molecule has 3 heteroatoms. The first-order chi connectivity index (χ1) is 6.47. The standard InChI is InChI=1S/C11H21NO2/c1-8(10(13)14-4)12-9-6-5-7-11(9,2)3/h8-9,12H,5-7H2,1-4H3/t8-,9?/m0/s1. The summed E-state index contributed by atoms with van der Waals surface area (Å²) < 4.78 is 4.69. The predicted molar refractivity (Wildman–Crippen MR) is 56.0 cm³/mol. The minimum Gasteiger partial charge on any atom is -0.468 e. The van der Waals surface area contributed by atoms with E-state index >= 15 is 0 Å². The first-order valence-electron chi connectivity index (χ1n) is 5.31. The van der Waals surface area contributed by atoms with E-state index < -0.39 is 0 Å². The van der Waals surface area contributed by atoms with Crippen LogP contribution in [0.5, 0.6) is 0 Å². The smallest absolute Gasteiger partial charge is 0.322 e. The van der Waals surface area contributed by atoms with Crippen LogP contribution in [0.1, 0.15) is 40.0 Å². The van der Waals surface area contributed by atoms with Gasteiger partial charge in [0.25, 0.3) is 0 Å². The number of hydrogen-bond acceptors (Lipinski definition) is 3. The molecule has 0 radical (unpaired) electrons. The molecule has 0 amide bonds. The van der Waals surface area contributed by atoms with Crippen molar-refractivity contribution < 1.29 is 9.53 Å². The largest absolute Gasteiger partial charge is 0.468 e. The summed E-state index contributed by atoms with van der Waals surface area (Å²) in [6.45, 7) is 6.36. The molecule has 1 N–H and O–H groups in total. The van der Waals surface area contributed by atoms with E-state index in [1.54, 1.807) is 0 Å². The Morgan fingerprint density at radius 1 is 1.57 bits per heavy atom. The summed E-state index contributed by atoms with van der Waals surface area (Å²) in [6, 6.07) is 0.249. The summed E-state index contributed by atoms with van der Waals surface area (Å²) in [5.74, 6) is -0.173. The summed E-state index contributed by atoms with van der Waals surface area (Å²) in [4.78, 5) is 11.2. The zero-order valence-corrected chi connectivity index (χ0v) is 9.59. The van der Waals surface area contributed by atoms with Gasteiger partial charge in [-0.2, -0.15) is 0 Å². The van der Waals surface area contributed by atoms with Gasteiger partial charge in [0.1, 0.15) is 6.04 Å². The van der Waals surface area contributed by atoms with Crippen molar-refractivity contribution in [2.45, 2.75) is 52.1 Å². The van der Waals surface area contributed by atoms with Crippen LogP contribution >= 0.6 is 0 Å². The quantitative estimate of drug-likeness (QED) is 0.703. The molecule has 1 saturated carbocycles. The number of ether oxygens (including phenoxy) is 1. The Morgan fingerprint density at radius 3 is 2.64 bits per heavy atom. The van der Waals surface area contributed by atoms with Crippen LogP contribution in [0.25, 0.3) is 0 Å². The van der Waals surface area contributed by atoms with Crippen molar-refractivity contribution >= 4 is 5.97 Å². The Bertz CT molecular complexity index is 213. The number of carbonyl (C=O) groups is 1. The van der Waals surface area contributed by atoms with Gasteiger partial charge in [0, 0.05) is 6.04 Å². The lowest BCUT2D eigenvalue weighted by molar-refractivity contribution is -0.143. The summed E-state index contributed by atoms with van der Waals surface area (Å²) in [6.07, 6.45) is 3.64. The highest BCUT2D eigenvalue weighted by molar-refractivity contribution is 5.75. The molecule has 0 heterocycles. The molecule has 1 rings (SSSR count). The van der Waals surface area contributed by atoms with Gasteiger partial charge in [-0.05, 0) is 25.2 Å². The Balaban J connectivity index is 2.48. The van der Waals surface area contributed by atoms with Crippen molar-refractivity contribution in [3.63, 3.8) is 0 Å². The second-order valence-electron chi connectivity index (χ2n) is 4.84. The minimum absolute atomic E-state index is 0.173. The summed E-state index contributed by atoms with van der Waals surface area (Å²) in [5, 5.41) is 3.35. The third-order valence-electron chi connectivity index (χ3n) is 3.26. The van der Waals surface area contributed by atoms with Crippen LogP contribution in [0.4, 0.5) is 0 Å². The molecule has 3 nitrogen and oxygen atoms in total. The highest BCUT2D eigenvalue weighted by atomic mass is 16.5. The molecular weight excluding hydrogens is 178 g/mol. The molecule has 0 spiro atoms. The maximum atomic E-state index is 11.2. The van der Waals surface area contributed by atoms with E-state index in [-0.39, 0.29) is 12.0 Å². The summed E-state index contributed by atoms with van der Waals surface area (Å²) in [5.41, 5.74) is 0.308. The maximum Gasteiger partial charge on any atom is 0.322 e. The first-order valence-corrected chi connectivity index (χ1v) is 5.31. The van der Waals surface area contributed by atoms with E-state index in [0.717, 1.165) is 6.42 Å². The zero-order valence-electron chi connectivity index (χ0n) is 9.59. The maximum absolute atomic E-state index is 11.2. The average Bonchev–Trinajstić information content (AvgIpc) is 2.44. The molecule has 14 heavy (non-hydrogen) atoms. The van der Waals surface area contributed by atoms with E-state index in [1.807, 2.05) is 6.92 Å². The molecular formula is C11H21NO2. The predicted octanol–water partition coefficient (Wildman–Crippen LogP) is 1.72. The number of methoxy groups -OCH3 is 1. The Hall–Kier alpha value is -0.570. The summed E-state index contributed by atoms with van der Waals surface area (Å²) >= 11 is 0. The number of carbonyl (C=O) groups excluding carboxylic acids is 1. The SMILES string of the molecule is COC(=O)[C@H](C)NC1CCCC1(C)C. The van der Waals surface area contributed by atoms with Gasteiger partial charge in [-0.25, -0.2) is 0 Å². The number of nitrogens with one attached hydrogen (secondary N) is 1. The van der Waals surface area contributed by atoms with Crippen LogP contribution in [-0.2, 0) is 9.53 Å². The third kappa shape index (κ3) is 2.47. The molecule has 1 unspecified atom stereocenters. The van der Waals surface area contributed by atoms with E-state index in [0.29, 0.717) is 11.5 Å². The molecule has 0 bridgehead atoms. The molecule has 1 fully saturated rings. The summed E-state index contributed by atoms with van der Waals surface area (Å²) in [7, 11) is 1.43. The second kappa shape index (κ2) is 4.30. The van der Waals surface area contributed by atoms with Gasteiger partial charge in [-0.15, -0.1) is 0 Å². The Labute approximate surface area is 86.2 Å². The molecule has 0 aromatic carbocycles. The normalized spacial score (nSPS) is 27.3. The van der Waals surface area contributed by atoms with E-state index in [1.165, 1.54) is 20.0 Å². The average molecular weight is 199 g/mol. The molecule has 0 aliphatic heterocycles. The number of esters is 1. The van der Waals surface area contributed by atoms with Gasteiger partial charge in [-0.3, -0.25) is 4.79 Å². The van der Waals surface area contributed by atoms with Crippen LogP contribution in [0.2, 0.25) is 0 Å². The van der Waals surface area contributed by atoms with Crippen LogP contribution in [0.15, 0.2) is 0 Å². The highest BCUT2D eigenvalue weighted by Crippen LogP contribution is 2.37. The van der Waals surface area contributed by atoms with Crippen molar-refractivity contribution in [2.24, 2.45) is 5.41 Å². The lowest BCUT2D eigenvalue weighted by Gasteiger charge is -2.29. The number of rotatable bonds is 3. The number of hydrogen-bond donors (Lipinski definition) is 1. The molecule has 0 aromatic heterocycles.